The van der Waals surface area contributed by atoms with Crippen LogP contribution in [0.2, 0.25) is 5.02 Å². The van der Waals surface area contributed by atoms with Gasteiger partial charge in [-0.05, 0) is 17.7 Å². The second-order valence-electron chi connectivity index (χ2n) is 4.30. The minimum absolute atomic E-state index is 0.141. The van der Waals surface area contributed by atoms with Gasteiger partial charge >= 0.3 is 18.1 Å². The van der Waals surface area contributed by atoms with E-state index in [0.29, 0.717) is 16.1 Å². The number of methoxy groups -OCH3 is 1. The van der Waals surface area contributed by atoms with Crippen LogP contribution in [0.4, 0.5) is 18.2 Å². The van der Waals surface area contributed by atoms with E-state index in [4.69, 9.17) is 11.6 Å². The number of amides is 1. The molecule has 122 valence electrons. The third-order valence-electron chi connectivity index (χ3n) is 2.82. The lowest BCUT2D eigenvalue weighted by molar-refractivity contribution is -0.167. The fraction of sp³-hybridized carbons (Fsp3) is 0.143. The molecule has 0 radical (unpaired) electrons. The van der Waals surface area contributed by atoms with Gasteiger partial charge in [0.1, 0.15) is 10.6 Å². The van der Waals surface area contributed by atoms with E-state index < -0.39 is 18.1 Å². The highest BCUT2D eigenvalue weighted by Gasteiger charge is 2.39. The third-order valence-corrected chi connectivity index (χ3v) is 3.97. The zero-order valence-corrected chi connectivity index (χ0v) is 13.1. The molecule has 0 fully saturated rings. The molecule has 0 saturated carbocycles. The summed E-state index contributed by atoms with van der Waals surface area (Å²) < 4.78 is 41.8. The molecule has 0 aliphatic carbocycles. The van der Waals surface area contributed by atoms with Gasteiger partial charge in [0.2, 0.25) is 0 Å². The molecule has 1 aromatic carbocycles. The summed E-state index contributed by atoms with van der Waals surface area (Å²) in [4.78, 5) is 23.0. The summed E-state index contributed by atoms with van der Waals surface area (Å²) in [7, 11) is 1.10. The van der Waals surface area contributed by atoms with Gasteiger partial charge in [0, 0.05) is 16.0 Å². The molecule has 0 spiro atoms. The number of carbonyl (C=O) groups excluding carboxylic acids is 2. The number of benzene rings is 1. The van der Waals surface area contributed by atoms with Crippen LogP contribution in [0.3, 0.4) is 0 Å². The van der Waals surface area contributed by atoms with Crippen molar-refractivity contribution in [3.05, 3.63) is 40.2 Å². The van der Waals surface area contributed by atoms with E-state index in [2.05, 4.69) is 4.74 Å². The molecule has 0 aliphatic rings. The van der Waals surface area contributed by atoms with Crippen LogP contribution in [0.1, 0.15) is 10.4 Å². The Morgan fingerprint density at radius 1 is 1.22 bits per heavy atom. The highest BCUT2D eigenvalue weighted by molar-refractivity contribution is 7.15. The van der Waals surface area contributed by atoms with Crippen LogP contribution in [0.15, 0.2) is 29.6 Å². The number of esters is 1. The molecule has 4 nitrogen and oxygen atoms in total. The standard InChI is InChI=1S/C14H9ClF3NO3S/c1-22-12(20)10-9(7-2-4-8(15)5-3-7)6-23-11(10)19-13(21)14(16,17)18/h2-6H,1H3,(H,19,21). The Kier molecular flexibility index (Phi) is 4.96. The highest BCUT2D eigenvalue weighted by Crippen LogP contribution is 2.37. The van der Waals surface area contributed by atoms with Gasteiger partial charge in [0.15, 0.2) is 0 Å². The van der Waals surface area contributed by atoms with Crippen LogP contribution in [0.25, 0.3) is 11.1 Å². The van der Waals surface area contributed by atoms with E-state index in [0.717, 1.165) is 18.4 Å². The number of nitrogens with one attached hydrogen (secondary N) is 1. The van der Waals surface area contributed by atoms with Gasteiger partial charge in [-0.15, -0.1) is 11.3 Å². The van der Waals surface area contributed by atoms with Crippen LogP contribution >= 0.6 is 22.9 Å². The summed E-state index contributed by atoms with van der Waals surface area (Å²) in [6, 6.07) is 6.35. The molecule has 2 rings (SSSR count). The van der Waals surface area contributed by atoms with E-state index >= 15 is 0 Å². The average molecular weight is 364 g/mol. The van der Waals surface area contributed by atoms with E-state index in [1.807, 2.05) is 0 Å². The number of thiophene rings is 1. The maximum absolute atomic E-state index is 12.4. The molecule has 0 aliphatic heterocycles. The number of hydrogen-bond acceptors (Lipinski definition) is 4. The van der Waals surface area contributed by atoms with Gasteiger partial charge in [-0.2, -0.15) is 13.2 Å². The predicted octanol–water partition coefficient (Wildman–Crippen LogP) is 4.36. The predicted molar refractivity (Wildman–Crippen MR) is 80.8 cm³/mol. The fourth-order valence-corrected chi connectivity index (χ4v) is 2.85. The Bertz CT molecular complexity index is 741. The van der Waals surface area contributed by atoms with Gasteiger partial charge < -0.3 is 10.1 Å². The van der Waals surface area contributed by atoms with Crippen molar-refractivity contribution in [3.8, 4) is 11.1 Å². The maximum atomic E-state index is 12.4. The normalized spacial score (nSPS) is 11.2. The lowest BCUT2D eigenvalue weighted by Crippen LogP contribution is -2.30. The van der Waals surface area contributed by atoms with Gasteiger partial charge in [-0.3, -0.25) is 4.79 Å². The quantitative estimate of drug-likeness (QED) is 0.824. The average Bonchev–Trinajstić information content (AvgIpc) is 2.90. The first-order valence-electron chi connectivity index (χ1n) is 6.08. The Labute approximate surface area is 137 Å². The Morgan fingerprint density at radius 2 is 1.83 bits per heavy atom. The highest BCUT2D eigenvalue weighted by atomic mass is 35.5. The Hall–Kier alpha value is -2.06. The summed E-state index contributed by atoms with van der Waals surface area (Å²) >= 11 is 6.58. The van der Waals surface area contributed by atoms with Crippen molar-refractivity contribution < 1.29 is 27.5 Å². The summed E-state index contributed by atoms with van der Waals surface area (Å²) in [6.07, 6.45) is -5.06. The second kappa shape index (κ2) is 6.59. The van der Waals surface area contributed by atoms with Gasteiger partial charge in [0.05, 0.1) is 7.11 Å². The van der Waals surface area contributed by atoms with Crippen LogP contribution in [-0.2, 0) is 9.53 Å². The molecule has 1 amide bonds. The summed E-state index contributed by atoms with van der Waals surface area (Å²) in [5, 5.41) is 3.39. The summed E-state index contributed by atoms with van der Waals surface area (Å²) in [5.41, 5.74) is 0.756. The number of hydrogen-bond donors (Lipinski definition) is 1. The monoisotopic (exact) mass is 363 g/mol. The minimum Gasteiger partial charge on any atom is -0.465 e. The molecular formula is C14H9ClF3NO3S. The first kappa shape index (κ1) is 17.3. The van der Waals surface area contributed by atoms with Crippen molar-refractivity contribution in [3.63, 3.8) is 0 Å². The first-order chi connectivity index (χ1) is 10.7. The van der Waals surface area contributed by atoms with E-state index in [1.54, 1.807) is 29.6 Å². The second-order valence-corrected chi connectivity index (χ2v) is 5.62. The molecule has 1 N–H and O–H groups in total. The fourth-order valence-electron chi connectivity index (χ4n) is 1.77. The largest absolute Gasteiger partial charge is 0.471 e. The van der Waals surface area contributed by atoms with Crippen LogP contribution in [0.5, 0.6) is 0 Å². The zero-order valence-electron chi connectivity index (χ0n) is 11.5. The summed E-state index contributed by atoms with van der Waals surface area (Å²) in [6.45, 7) is 0. The van der Waals surface area contributed by atoms with Gasteiger partial charge in [-0.1, -0.05) is 23.7 Å². The van der Waals surface area contributed by atoms with Crippen molar-refractivity contribution in [1.82, 2.24) is 0 Å². The van der Waals surface area contributed by atoms with Crippen molar-refractivity contribution in [2.24, 2.45) is 0 Å². The molecule has 0 atom stereocenters. The van der Waals surface area contributed by atoms with Gasteiger partial charge in [-0.25, -0.2) is 4.79 Å². The zero-order chi connectivity index (χ0) is 17.2. The van der Waals surface area contributed by atoms with Crippen molar-refractivity contribution in [1.29, 1.82) is 0 Å². The lowest BCUT2D eigenvalue weighted by atomic mass is 10.0. The first-order valence-corrected chi connectivity index (χ1v) is 7.33. The number of alkyl halides is 3. The Balaban J connectivity index is 2.47. The molecular weight excluding hydrogens is 355 g/mol. The number of carbonyl (C=O) groups is 2. The van der Waals surface area contributed by atoms with Crippen molar-refractivity contribution in [2.45, 2.75) is 6.18 Å². The topological polar surface area (TPSA) is 55.4 Å². The third kappa shape index (κ3) is 3.83. The number of ether oxygens (including phenoxy) is 1. The molecule has 0 bridgehead atoms. The molecule has 1 aromatic heterocycles. The van der Waals surface area contributed by atoms with Crippen LogP contribution < -0.4 is 5.32 Å². The molecule has 2 aromatic rings. The molecule has 23 heavy (non-hydrogen) atoms. The lowest BCUT2D eigenvalue weighted by Gasteiger charge is -2.09. The number of halogens is 4. The smallest absolute Gasteiger partial charge is 0.465 e. The number of anilines is 1. The van der Waals surface area contributed by atoms with Crippen LogP contribution in [-0.4, -0.2) is 25.2 Å². The summed E-state index contributed by atoms with van der Waals surface area (Å²) in [5.74, 6) is -3.01. The van der Waals surface area contributed by atoms with Gasteiger partial charge in [0.25, 0.3) is 0 Å². The molecule has 0 unspecified atom stereocenters. The van der Waals surface area contributed by atoms with E-state index in [-0.39, 0.29) is 10.6 Å². The molecule has 1 heterocycles. The van der Waals surface area contributed by atoms with Crippen molar-refractivity contribution in [2.75, 3.05) is 12.4 Å². The van der Waals surface area contributed by atoms with Crippen molar-refractivity contribution >= 4 is 39.8 Å². The minimum atomic E-state index is -5.06. The molecule has 9 heteroatoms. The molecule has 0 saturated heterocycles. The van der Waals surface area contributed by atoms with E-state index in [1.165, 1.54) is 5.38 Å². The Morgan fingerprint density at radius 3 is 2.35 bits per heavy atom. The van der Waals surface area contributed by atoms with Crippen LogP contribution in [0, 0.1) is 0 Å². The SMILES string of the molecule is COC(=O)c1c(-c2ccc(Cl)cc2)csc1NC(=O)C(F)(F)F. The van der Waals surface area contributed by atoms with E-state index in [9.17, 15) is 22.8 Å². The maximum Gasteiger partial charge on any atom is 0.471 e. The number of rotatable bonds is 3.